The number of rotatable bonds is 10. The van der Waals surface area contributed by atoms with Crippen LogP contribution >= 0.6 is 0 Å². The monoisotopic (exact) mass is 837 g/mol. The van der Waals surface area contributed by atoms with Gasteiger partial charge in [-0.3, -0.25) is 0 Å². The number of hydrogen-bond acceptors (Lipinski definition) is 2. The molecule has 0 saturated carbocycles. The molecule has 64 heavy (non-hydrogen) atoms. The Labute approximate surface area is 384 Å². The van der Waals surface area contributed by atoms with E-state index in [1.807, 2.05) is 0 Å². The fourth-order valence-corrected chi connectivity index (χ4v) is 8.94. The standard InChI is InChI=1S/C62H64N2/c1-43-37-44(2)40-59(39-43)63(57-33-25-53(26-34-57)61(5,6)7)55-29-21-51(22-30-55)49-17-13-47(14-18-49)11-12-48-15-19-50(20-16-48)52-23-31-56(32-24-52)64(60-41-45(3)38-46(4)42-60)58-35-27-54(28-36-58)62(8,9)10/h11-19,21-42,50H,20H2,1-10H3/b12-11+. The van der Waals surface area contributed by atoms with E-state index in [2.05, 4.69) is 267 Å². The summed E-state index contributed by atoms with van der Waals surface area (Å²) in [6.07, 6.45) is 12.4. The van der Waals surface area contributed by atoms with E-state index in [0.29, 0.717) is 5.92 Å². The quantitative estimate of drug-likeness (QED) is 0.135. The van der Waals surface area contributed by atoms with Crippen LogP contribution in [0.15, 0.2) is 188 Å². The van der Waals surface area contributed by atoms with Gasteiger partial charge < -0.3 is 9.80 Å². The van der Waals surface area contributed by atoms with Crippen molar-refractivity contribution in [2.75, 3.05) is 9.80 Å². The van der Waals surface area contributed by atoms with Crippen molar-refractivity contribution in [1.82, 2.24) is 0 Å². The van der Waals surface area contributed by atoms with Crippen molar-refractivity contribution in [2.45, 2.75) is 92.4 Å². The van der Waals surface area contributed by atoms with E-state index in [4.69, 9.17) is 0 Å². The first-order valence-corrected chi connectivity index (χ1v) is 22.9. The van der Waals surface area contributed by atoms with Gasteiger partial charge in [0.1, 0.15) is 0 Å². The van der Waals surface area contributed by atoms with Crippen LogP contribution < -0.4 is 9.80 Å². The van der Waals surface area contributed by atoms with Crippen molar-refractivity contribution in [2.24, 2.45) is 0 Å². The maximum absolute atomic E-state index is 2.38. The molecule has 1 unspecified atom stereocenters. The van der Waals surface area contributed by atoms with Gasteiger partial charge in [-0.25, -0.2) is 0 Å². The molecule has 8 rings (SSSR count). The van der Waals surface area contributed by atoms with E-state index in [-0.39, 0.29) is 10.8 Å². The number of anilines is 6. The van der Waals surface area contributed by atoms with Crippen LogP contribution in [0.1, 0.15) is 98.4 Å². The summed E-state index contributed by atoms with van der Waals surface area (Å²) in [6.45, 7) is 22.3. The highest BCUT2D eigenvalue weighted by atomic mass is 15.1. The Morgan fingerprint density at radius 2 is 0.797 bits per heavy atom. The summed E-state index contributed by atoms with van der Waals surface area (Å²) in [4.78, 5) is 4.75. The average molecular weight is 837 g/mol. The molecular formula is C62H64N2. The molecule has 2 heteroatoms. The van der Waals surface area contributed by atoms with Crippen LogP contribution in [0.4, 0.5) is 34.1 Å². The molecule has 0 heterocycles. The van der Waals surface area contributed by atoms with E-state index in [1.165, 1.54) is 78.3 Å². The zero-order valence-electron chi connectivity index (χ0n) is 39.6. The summed E-state index contributed by atoms with van der Waals surface area (Å²) in [5.74, 6) is 0.347. The lowest BCUT2D eigenvalue weighted by atomic mass is 9.87. The third kappa shape index (κ3) is 10.2. The molecule has 0 amide bonds. The lowest BCUT2D eigenvalue weighted by molar-refractivity contribution is 0.590. The minimum atomic E-state index is 0.103. The van der Waals surface area contributed by atoms with E-state index >= 15 is 0 Å². The summed E-state index contributed by atoms with van der Waals surface area (Å²) in [7, 11) is 0. The first-order valence-electron chi connectivity index (χ1n) is 22.9. The van der Waals surface area contributed by atoms with Gasteiger partial charge in [-0.05, 0) is 179 Å². The lowest BCUT2D eigenvalue weighted by Gasteiger charge is -2.28. The van der Waals surface area contributed by atoms with E-state index < -0.39 is 0 Å². The summed E-state index contributed by atoms with van der Waals surface area (Å²) in [6, 6.07) is 58.7. The number of hydrogen-bond donors (Lipinski definition) is 0. The van der Waals surface area contributed by atoms with E-state index in [9.17, 15) is 0 Å². The van der Waals surface area contributed by atoms with Crippen molar-refractivity contribution in [1.29, 1.82) is 0 Å². The molecule has 0 radical (unpaired) electrons. The second-order valence-electron chi connectivity index (χ2n) is 20.0. The molecule has 2 nitrogen and oxygen atoms in total. The van der Waals surface area contributed by atoms with Crippen LogP contribution in [0.3, 0.4) is 0 Å². The minimum Gasteiger partial charge on any atom is -0.310 e. The van der Waals surface area contributed by atoms with Gasteiger partial charge in [-0.2, -0.15) is 0 Å². The Hall–Kier alpha value is -6.64. The Morgan fingerprint density at radius 3 is 1.17 bits per heavy atom. The van der Waals surface area contributed by atoms with Crippen molar-refractivity contribution in [3.8, 4) is 11.1 Å². The second kappa shape index (κ2) is 18.2. The van der Waals surface area contributed by atoms with Gasteiger partial charge >= 0.3 is 0 Å². The van der Waals surface area contributed by atoms with E-state index in [0.717, 1.165) is 23.5 Å². The molecule has 7 aromatic carbocycles. The Bertz CT molecular complexity index is 2760. The zero-order chi connectivity index (χ0) is 45.2. The van der Waals surface area contributed by atoms with Crippen LogP contribution in [0.25, 0.3) is 17.2 Å². The lowest BCUT2D eigenvalue weighted by Crippen LogP contribution is -2.13. The Balaban J connectivity index is 0.934. The van der Waals surface area contributed by atoms with Gasteiger partial charge in [0.25, 0.3) is 0 Å². The molecule has 0 aliphatic heterocycles. The van der Waals surface area contributed by atoms with Crippen molar-refractivity contribution in [3.05, 3.63) is 232 Å². The zero-order valence-corrected chi connectivity index (χ0v) is 39.6. The molecule has 0 fully saturated rings. The molecule has 7 aromatic rings. The second-order valence-corrected chi connectivity index (χ2v) is 20.0. The molecule has 0 bridgehead atoms. The molecule has 0 saturated heterocycles. The molecular weight excluding hydrogens is 773 g/mol. The molecule has 0 spiro atoms. The van der Waals surface area contributed by atoms with Crippen molar-refractivity contribution >= 4 is 40.2 Å². The van der Waals surface area contributed by atoms with Gasteiger partial charge in [-0.1, -0.05) is 157 Å². The fraction of sp³-hybridized carbons (Fsp3) is 0.226. The Morgan fingerprint density at radius 1 is 0.422 bits per heavy atom. The number of benzene rings is 7. The SMILES string of the molecule is Cc1cc(C)cc(N(c2ccc(-c3ccc(/C=C/C4=CCC(c5ccc(N(c6ccc(C(C)(C)C)cc6)c6cc(C)cc(C)c6)cc5)C=C4)cc3)cc2)c2ccc(C(C)(C)C)cc2)c1. The van der Waals surface area contributed by atoms with Gasteiger partial charge in [0.15, 0.2) is 0 Å². The predicted molar refractivity (Wildman–Crippen MR) is 278 cm³/mol. The average Bonchev–Trinajstić information content (AvgIpc) is 3.26. The summed E-state index contributed by atoms with van der Waals surface area (Å²) >= 11 is 0. The maximum atomic E-state index is 2.38. The smallest absolute Gasteiger partial charge is 0.0466 e. The molecule has 322 valence electrons. The summed E-state index contributed by atoms with van der Waals surface area (Å²) < 4.78 is 0. The topological polar surface area (TPSA) is 6.48 Å². The normalized spacial score (nSPS) is 14.2. The molecule has 0 aromatic heterocycles. The van der Waals surface area contributed by atoms with Crippen LogP contribution in [0, 0.1) is 27.7 Å². The number of aryl methyl sites for hydroxylation is 4. The fourth-order valence-electron chi connectivity index (χ4n) is 8.94. The molecule has 0 N–H and O–H groups in total. The first kappa shape index (κ1) is 44.0. The van der Waals surface area contributed by atoms with Gasteiger partial charge in [0, 0.05) is 40.0 Å². The van der Waals surface area contributed by atoms with Crippen LogP contribution in [0.5, 0.6) is 0 Å². The largest absolute Gasteiger partial charge is 0.310 e. The highest BCUT2D eigenvalue weighted by Crippen LogP contribution is 2.40. The third-order valence-electron chi connectivity index (χ3n) is 12.5. The van der Waals surface area contributed by atoms with E-state index in [1.54, 1.807) is 0 Å². The minimum absolute atomic E-state index is 0.103. The van der Waals surface area contributed by atoms with Crippen molar-refractivity contribution in [3.63, 3.8) is 0 Å². The van der Waals surface area contributed by atoms with Crippen LogP contribution in [0.2, 0.25) is 0 Å². The first-order chi connectivity index (χ1) is 30.6. The Kier molecular flexibility index (Phi) is 12.5. The van der Waals surface area contributed by atoms with Gasteiger partial charge in [0.2, 0.25) is 0 Å². The highest BCUT2D eigenvalue weighted by Gasteiger charge is 2.20. The number of nitrogens with zero attached hydrogens (tertiary/aromatic N) is 2. The predicted octanol–water partition coefficient (Wildman–Crippen LogP) is 17.8. The van der Waals surface area contributed by atoms with Gasteiger partial charge in [0.05, 0.1) is 0 Å². The number of allylic oxidation sites excluding steroid dienone is 5. The summed E-state index contributed by atoms with van der Waals surface area (Å²) in [5.41, 5.74) is 21.1. The molecule has 1 aliphatic carbocycles. The molecule has 1 atom stereocenters. The van der Waals surface area contributed by atoms with Gasteiger partial charge in [-0.15, -0.1) is 0 Å². The summed E-state index contributed by atoms with van der Waals surface area (Å²) in [5, 5.41) is 0. The highest BCUT2D eigenvalue weighted by molar-refractivity contribution is 5.80. The third-order valence-corrected chi connectivity index (χ3v) is 12.5. The van der Waals surface area contributed by atoms with Crippen molar-refractivity contribution < 1.29 is 0 Å². The van der Waals surface area contributed by atoms with Crippen LogP contribution in [-0.2, 0) is 10.8 Å². The van der Waals surface area contributed by atoms with Crippen LogP contribution in [-0.4, -0.2) is 0 Å². The molecule has 1 aliphatic rings. The maximum Gasteiger partial charge on any atom is 0.0466 e.